The van der Waals surface area contributed by atoms with E-state index in [1.807, 2.05) is 0 Å². The molecule has 0 saturated carbocycles. The van der Waals surface area contributed by atoms with Gasteiger partial charge in [0.05, 0.1) is 0 Å². The second-order valence-corrected chi connectivity index (χ2v) is 6.74. The molecule has 0 atom stereocenters. The molecule has 0 aliphatic carbocycles. The molecule has 120 valence electrons. The van der Waals surface area contributed by atoms with Crippen LogP contribution in [0.5, 0.6) is 0 Å². The molecule has 0 fully saturated rings. The van der Waals surface area contributed by atoms with Crippen LogP contribution in [0.3, 0.4) is 0 Å². The van der Waals surface area contributed by atoms with E-state index < -0.39 is 10.2 Å². The molecule has 1 rings (SSSR count). The van der Waals surface area contributed by atoms with Crippen molar-refractivity contribution in [1.29, 1.82) is 0 Å². The Bertz CT molecular complexity index is 523. The van der Waals surface area contributed by atoms with Crippen molar-refractivity contribution >= 4 is 10.2 Å². The fourth-order valence-corrected chi connectivity index (χ4v) is 2.72. The first kappa shape index (κ1) is 18.0. The molecule has 1 aromatic carbocycles. The lowest BCUT2D eigenvalue weighted by Crippen LogP contribution is -2.39. The van der Waals surface area contributed by atoms with Crippen LogP contribution in [0.15, 0.2) is 24.3 Å². The normalized spacial score (nSPS) is 12.0. The van der Waals surface area contributed by atoms with E-state index in [0.29, 0.717) is 12.1 Å². The highest BCUT2D eigenvalue weighted by Crippen LogP contribution is 2.04. The van der Waals surface area contributed by atoms with Crippen molar-refractivity contribution in [1.82, 2.24) is 14.3 Å². The van der Waals surface area contributed by atoms with Crippen LogP contribution in [0.4, 0.5) is 4.39 Å². The van der Waals surface area contributed by atoms with Crippen molar-refractivity contribution in [2.45, 2.75) is 26.3 Å². The maximum Gasteiger partial charge on any atom is 0.279 e. The largest absolute Gasteiger partial charge is 0.317 e. The number of hydrogen-bond donors (Lipinski definition) is 2. The standard InChI is InChI=1S/C14H24FN3O2S/c1-3-8-16-9-5-10-18(2)21(19,20)17-12-13-6-4-7-14(15)11-13/h4,6-7,11,16-17H,3,5,8-10,12H2,1-2H3. The smallest absolute Gasteiger partial charge is 0.279 e. The molecule has 0 amide bonds. The van der Waals surface area contributed by atoms with Gasteiger partial charge in [-0.1, -0.05) is 19.1 Å². The van der Waals surface area contributed by atoms with Gasteiger partial charge in [0.25, 0.3) is 10.2 Å². The van der Waals surface area contributed by atoms with Crippen molar-refractivity contribution in [3.63, 3.8) is 0 Å². The Kier molecular flexibility index (Phi) is 7.81. The van der Waals surface area contributed by atoms with Gasteiger partial charge in [-0.05, 0) is 43.6 Å². The summed E-state index contributed by atoms with van der Waals surface area (Å²) in [7, 11) is -2.00. The van der Waals surface area contributed by atoms with E-state index in [1.165, 1.54) is 23.5 Å². The van der Waals surface area contributed by atoms with Crippen molar-refractivity contribution in [2.75, 3.05) is 26.7 Å². The predicted molar refractivity (Wildman–Crippen MR) is 82.6 cm³/mol. The maximum absolute atomic E-state index is 13.0. The van der Waals surface area contributed by atoms with Crippen molar-refractivity contribution < 1.29 is 12.8 Å². The molecule has 0 spiro atoms. The number of halogens is 1. The minimum atomic E-state index is -3.53. The molecule has 0 unspecified atom stereocenters. The molecule has 0 aliphatic heterocycles. The Morgan fingerprint density at radius 2 is 2.05 bits per heavy atom. The van der Waals surface area contributed by atoms with E-state index in [9.17, 15) is 12.8 Å². The first-order valence-corrected chi connectivity index (χ1v) is 8.56. The van der Waals surface area contributed by atoms with E-state index in [2.05, 4.69) is 17.0 Å². The molecule has 7 heteroatoms. The Hall–Kier alpha value is -1.02. The van der Waals surface area contributed by atoms with Gasteiger partial charge >= 0.3 is 0 Å². The van der Waals surface area contributed by atoms with E-state index in [4.69, 9.17) is 0 Å². The highest BCUT2D eigenvalue weighted by atomic mass is 32.2. The molecule has 0 aromatic heterocycles. The van der Waals surface area contributed by atoms with Gasteiger partial charge in [-0.2, -0.15) is 17.4 Å². The van der Waals surface area contributed by atoms with Crippen molar-refractivity contribution in [2.24, 2.45) is 0 Å². The number of nitrogens with one attached hydrogen (secondary N) is 2. The minimum absolute atomic E-state index is 0.0819. The highest BCUT2D eigenvalue weighted by Gasteiger charge is 2.16. The molecule has 0 radical (unpaired) electrons. The SMILES string of the molecule is CCCNCCCN(C)S(=O)(=O)NCc1cccc(F)c1. The first-order valence-electron chi connectivity index (χ1n) is 7.12. The van der Waals surface area contributed by atoms with Gasteiger partial charge in [0.2, 0.25) is 0 Å². The van der Waals surface area contributed by atoms with Gasteiger partial charge in [0, 0.05) is 20.1 Å². The van der Waals surface area contributed by atoms with E-state index in [0.717, 1.165) is 25.9 Å². The summed E-state index contributed by atoms with van der Waals surface area (Å²) in [6.07, 6.45) is 1.81. The summed E-state index contributed by atoms with van der Waals surface area (Å²) < 4.78 is 40.8. The van der Waals surface area contributed by atoms with Crippen LogP contribution >= 0.6 is 0 Å². The topological polar surface area (TPSA) is 61.4 Å². The zero-order chi connectivity index (χ0) is 15.7. The molecule has 0 heterocycles. The zero-order valence-electron chi connectivity index (χ0n) is 12.6. The highest BCUT2D eigenvalue weighted by molar-refractivity contribution is 7.87. The lowest BCUT2D eigenvalue weighted by molar-refractivity contribution is 0.444. The number of rotatable bonds is 10. The molecule has 0 aliphatic rings. The van der Waals surface area contributed by atoms with Gasteiger partial charge < -0.3 is 5.32 Å². The van der Waals surface area contributed by atoms with Crippen LogP contribution < -0.4 is 10.0 Å². The van der Waals surface area contributed by atoms with Crippen molar-refractivity contribution in [3.05, 3.63) is 35.6 Å². The third-order valence-electron chi connectivity index (χ3n) is 3.01. The Balaban J connectivity index is 2.38. The quantitative estimate of drug-likeness (QED) is 0.643. The third kappa shape index (κ3) is 6.99. The van der Waals surface area contributed by atoms with Crippen LogP contribution in [-0.2, 0) is 16.8 Å². The molecular weight excluding hydrogens is 293 g/mol. The summed E-state index contributed by atoms with van der Waals surface area (Å²) in [4.78, 5) is 0. The fraction of sp³-hybridized carbons (Fsp3) is 0.571. The molecule has 0 saturated heterocycles. The summed E-state index contributed by atoms with van der Waals surface area (Å²) in [5, 5.41) is 3.22. The third-order valence-corrected chi connectivity index (χ3v) is 4.52. The number of hydrogen-bond acceptors (Lipinski definition) is 3. The van der Waals surface area contributed by atoms with Gasteiger partial charge in [-0.3, -0.25) is 0 Å². The van der Waals surface area contributed by atoms with Gasteiger partial charge in [0.15, 0.2) is 0 Å². The summed E-state index contributed by atoms with van der Waals surface area (Å²) in [5.74, 6) is -0.373. The van der Waals surface area contributed by atoms with E-state index >= 15 is 0 Å². The number of nitrogens with zero attached hydrogens (tertiary/aromatic N) is 1. The molecule has 1 aromatic rings. The zero-order valence-corrected chi connectivity index (χ0v) is 13.4. The number of benzene rings is 1. The summed E-state index contributed by atoms with van der Waals surface area (Å²) in [6, 6.07) is 5.88. The van der Waals surface area contributed by atoms with Gasteiger partial charge in [-0.15, -0.1) is 0 Å². The van der Waals surface area contributed by atoms with Gasteiger partial charge in [0.1, 0.15) is 5.82 Å². The Morgan fingerprint density at radius 1 is 1.29 bits per heavy atom. The van der Waals surface area contributed by atoms with Crippen LogP contribution in [0.1, 0.15) is 25.3 Å². The van der Waals surface area contributed by atoms with Crippen LogP contribution in [-0.4, -0.2) is 39.4 Å². The molecule has 2 N–H and O–H groups in total. The molecule has 21 heavy (non-hydrogen) atoms. The lowest BCUT2D eigenvalue weighted by Gasteiger charge is -2.17. The summed E-state index contributed by atoms with van der Waals surface area (Å²) >= 11 is 0. The monoisotopic (exact) mass is 317 g/mol. The maximum atomic E-state index is 13.0. The lowest BCUT2D eigenvalue weighted by atomic mass is 10.2. The predicted octanol–water partition coefficient (Wildman–Crippen LogP) is 1.48. The Labute approximate surface area is 126 Å². The minimum Gasteiger partial charge on any atom is -0.317 e. The second-order valence-electron chi connectivity index (χ2n) is 4.88. The van der Waals surface area contributed by atoms with Crippen molar-refractivity contribution in [3.8, 4) is 0 Å². The molecule has 5 nitrogen and oxygen atoms in total. The second kappa shape index (κ2) is 9.09. The summed E-state index contributed by atoms with van der Waals surface area (Å²) in [6.45, 7) is 4.33. The molecular formula is C14H24FN3O2S. The average molecular weight is 317 g/mol. The van der Waals surface area contributed by atoms with E-state index in [-0.39, 0.29) is 12.4 Å². The summed E-state index contributed by atoms with van der Waals surface area (Å²) in [5.41, 5.74) is 0.594. The Morgan fingerprint density at radius 3 is 2.71 bits per heavy atom. The van der Waals surface area contributed by atoms with Gasteiger partial charge in [-0.25, -0.2) is 4.39 Å². The van der Waals surface area contributed by atoms with Crippen LogP contribution in [0.25, 0.3) is 0 Å². The molecule has 0 bridgehead atoms. The first-order chi connectivity index (χ1) is 9.95. The fourth-order valence-electron chi connectivity index (χ4n) is 1.78. The van der Waals surface area contributed by atoms with E-state index in [1.54, 1.807) is 12.1 Å². The van der Waals surface area contributed by atoms with Crippen LogP contribution in [0.2, 0.25) is 0 Å². The van der Waals surface area contributed by atoms with Crippen LogP contribution in [0, 0.1) is 5.82 Å². The average Bonchev–Trinajstić information content (AvgIpc) is 2.45.